The van der Waals surface area contributed by atoms with Crippen LogP contribution in [0.15, 0.2) is 0 Å². The summed E-state index contributed by atoms with van der Waals surface area (Å²) in [6.45, 7) is 0.556. The molecule has 1 aliphatic carbocycles. The second-order valence-electron chi connectivity index (χ2n) is 5.19. The molecule has 1 saturated heterocycles. The zero-order valence-electron chi connectivity index (χ0n) is 10.6. The summed E-state index contributed by atoms with van der Waals surface area (Å²) < 4.78 is 0. The third kappa shape index (κ3) is 2.76. The van der Waals surface area contributed by atoms with E-state index in [4.69, 9.17) is 0 Å². The molecule has 0 aromatic heterocycles. The summed E-state index contributed by atoms with van der Waals surface area (Å²) in [5, 5.41) is -0.177. The Hall–Kier alpha value is -0.840. The van der Waals surface area contributed by atoms with Crippen molar-refractivity contribution in [2.24, 2.45) is 11.8 Å². The monoisotopic (exact) mass is 269 g/mol. The summed E-state index contributed by atoms with van der Waals surface area (Å²) in [6.07, 6.45) is 6.95. The molecule has 2 amide bonds. The number of aldehydes is 1. The SMILES string of the molecule is CSC1CC(=O)N(CC2CCC(C=O)CC2)C1=O. The van der Waals surface area contributed by atoms with Gasteiger partial charge < -0.3 is 4.79 Å². The zero-order chi connectivity index (χ0) is 13.1. The number of imide groups is 1. The Morgan fingerprint density at radius 3 is 2.44 bits per heavy atom. The fraction of sp³-hybridized carbons (Fsp3) is 0.769. The Labute approximate surface area is 111 Å². The van der Waals surface area contributed by atoms with E-state index in [0.29, 0.717) is 18.9 Å². The number of nitrogens with zero attached hydrogens (tertiary/aromatic N) is 1. The van der Waals surface area contributed by atoms with Crippen LogP contribution in [0, 0.1) is 11.8 Å². The number of likely N-dealkylation sites (tertiary alicyclic amines) is 1. The molecule has 1 saturated carbocycles. The minimum atomic E-state index is -0.177. The Morgan fingerprint density at radius 1 is 1.28 bits per heavy atom. The van der Waals surface area contributed by atoms with Gasteiger partial charge in [-0.15, -0.1) is 0 Å². The summed E-state index contributed by atoms with van der Waals surface area (Å²) >= 11 is 1.46. The summed E-state index contributed by atoms with van der Waals surface area (Å²) in [7, 11) is 0. The lowest BCUT2D eigenvalue weighted by Gasteiger charge is -2.28. The van der Waals surface area contributed by atoms with Crippen LogP contribution in [-0.4, -0.2) is 41.1 Å². The highest BCUT2D eigenvalue weighted by atomic mass is 32.2. The number of thioether (sulfide) groups is 1. The molecule has 1 heterocycles. The average molecular weight is 269 g/mol. The molecule has 1 atom stereocenters. The topological polar surface area (TPSA) is 54.5 Å². The molecule has 0 spiro atoms. The second kappa shape index (κ2) is 5.87. The highest BCUT2D eigenvalue weighted by Gasteiger charge is 2.39. The third-order valence-electron chi connectivity index (χ3n) is 4.01. The maximum atomic E-state index is 12.0. The van der Waals surface area contributed by atoms with Gasteiger partial charge in [-0.3, -0.25) is 14.5 Å². The van der Waals surface area contributed by atoms with E-state index in [2.05, 4.69) is 0 Å². The fourth-order valence-corrected chi connectivity index (χ4v) is 3.43. The smallest absolute Gasteiger partial charge is 0.242 e. The van der Waals surface area contributed by atoms with Crippen molar-refractivity contribution in [2.75, 3.05) is 12.8 Å². The van der Waals surface area contributed by atoms with Crippen LogP contribution >= 0.6 is 11.8 Å². The van der Waals surface area contributed by atoms with E-state index < -0.39 is 0 Å². The van der Waals surface area contributed by atoms with E-state index in [9.17, 15) is 14.4 Å². The summed E-state index contributed by atoms with van der Waals surface area (Å²) in [5.74, 6) is 0.516. The van der Waals surface area contributed by atoms with E-state index in [1.165, 1.54) is 16.7 Å². The molecule has 1 aliphatic heterocycles. The lowest BCUT2D eigenvalue weighted by atomic mass is 9.82. The molecule has 2 aliphatic rings. The van der Waals surface area contributed by atoms with E-state index in [-0.39, 0.29) is 23.0 Å². The molecule has 0 N–H and O–H groups in total. The van der Waals surface area contributed by atoms with Crippen LogP contribution in [0.1, 0.15) is 32.1 Å². The Bertz CT molecular complexity index is 350. The van der Waals surface area contributed by atoms with Crippen LogP contribution < -0.4 is 0 Å². The molecular formula is C13H19NO3S. The lowest BCUT2D eigenvalue weighted by molar-refractivity contribution is -0.139. The third-order valence-corrected chi connectivity index (χ3v) is 4.95. The number of amides is 2. The number of carbonyl (C=O) groups excluding carboxylic acids is 3. The predicted molar refractivity (Wildman–Crippen MR) is 70.2 cm³/mol. The Morgan fingerprint density at radius 2 is 1.94 bits per heavy atom. The molecule has 2 rings (SSSR count). The van der Waals surface area contributed by atoms with Gasteiger partial charge in [0.05, 0.1) is 5.25 Å². The van der Waals surface area contributed by atoms with Crippen molar-refractivity contribution in [3.63, 3.8) is 0 Å². The molecule has 2 fully saturated rings. The molecular weight excluding hydrogens is 250 g/mol. The first-order valence-electron chi connectivity index (χ1n) is 6.48. The molecule has 0 aromatic rings. The molecule has 18 heavy (non-hydrogen) atoms. The van der Waals surface area contributed by atoms with Gasteiger partial charge in [-0.05, 0) is 37.9 Å². The van der Waals surface area contributed by atoms with Crippen molar-refractivity contribution in [2.45, 2.75) is 37.4 Å². The second-order valence-corrected chi connectivity index (χ2v) is 6.23. The normalized spacial score (nSPS) is 32.9. The largest absolute Gasteiger partial charge is 0.303 e. The van der Waals surface area contributed by atoms with Crippen molar-refractivity contribution < 1.29 is 14.4 Å². The van der Waals surface area contributed by atoms with E-state index >= 15 is 0 Å². The molecule has 0 bridgehead atoms. The van der Waals surface area contributed by atoms with E-state index in [0.717, 1.165) is 32.0 Å². The van der Waals surface area contributed by atoms with E-state index in [1.807, 2.05) is 6.26 Å². The highest BCUT2D eigenvalue weighted by molar-refractivity contribution is 8.00. The van der Waals surface area contributed by atoms with Gasteiger partial charge >= 0.3 is 0 Å². The van der Waals surface area contributed by atoms with Crippen LogP contribution in [0.25, 0.3) is 0 Å². The minimum Gasteiger partial charge on any atom is -0.303 e. The average Bonchev–Trinajstić information content (AvgIpc) is 2.67. The van der Waals surface area contributed by atoms with Gasteiger partial charge in [0.2, 0.25) is 11.8 Å². The maximum Gasteiger partial charge on any atom is 0.242 e. The molecule has 4 nitrogen and oxygen atoms in total. The highest BCUT2D eigenvalue weighted by Crippen LogP contribution is 2.30. The Kier molecular flexibility index (Phi) is 4.43. The number of hydrogen-bond acceptors (Lipinski definition) is 4. The number of rotatable bonds is 4. The fourth-order valence-electron chi connectivity index (χ4n) is 2.79. The van der Waals surface area contributed by atoms with E-state index in [1.54, 1.807) is 0 Å². The van der Waals surface area contributed by atoms with Crippen molar-refractivity contribution in [3.05, 3.63) is 0 Å². The maximum absolute atomic E-state index is 12.0. The van der Waals surface area contributed by atoms with Crippen molar-refractivity contribution in [3.8, 4) is 0 Å². The summed E-state index contributed by atoms with van der Waals surface area (Å²) in [4.78, 5) is 35.9. The minimum absolute atomic E-state index is 0.0231. The number of hydrogen-bond donors (Lipinski definition) is 0. The molecule has 5 heteroatoms. The first-order chi connectivity index (χ1) is 8.65. The van der Waals surface area contributed by atoms with Crippen molar-refractivity contribution >= 4 is 29.9 Å². The summed E-state index contributed by atoms with van der Waals surface area (Å²) in [5.41, 5.74) is 0. The first kappa shape index (κ1) is 13.6. The number of carbonyl (C=O) groups is 3. The molecule has 100 valence electrons. The standard InChI is InChI=1S/C13H19NO3S/c1-18-11-6-12(16)14(13(11)17)7-9-2-4-10(8-15)5-3-9/h8-11H,2-7H2,1H3. The molecule has 0 aromatic carbocycles. The molecule has 1 unspecified atom stereocenters. The predicted octanol–water partition coefficient (Wildman–Crippen LogP) is 1.48. The van der Waals surface area contributed by atoms with Crippen LogP contribution in [-0.2, 0) is 14.4 Å². The zero-order valence-corrected chi connectivity index (χ0v) is 11.4. The van der Waals surface area contributed by atoms with Crippen LogP contribution in [0.4, 0.5) is 0 Å². The molecule has 0 radical (unpaired) electrons. The van der Waals surface area contributed by atoms with Crippen LogP contribution in [0.3, 0.4) is 0 Å². The van der Waals surface area contributed by atoms with Gasteiger partial charge in [0.25, 0.3) is 0 Å². The van der Waals surface area contributed by atoms with Gasteiger partial charge in [-0.1, -0.05) is 0 Å². The Balaban J connectivity index is 1.88. The van der Waals surface area contributed by atoms with Gasteiger partial charge in [0.15, 0.2) is 0 Å². The van der Waals surface area contributed by atoms with Gasteiger partial charge in [-0.2, -0.15) is 11.8 Å². The van der Waals surface area contributed by atoms with Crippen LogP contribution in [0.2, 0.25) is 0 Å². The summed E-state index contributed by atoms with van der Waals surface area (Å²) in [6, 6.07) is 0. The van der Waals surface area contributed by atoms with Crippen molar-refractivity contribution in [1.29, 1.82) is 0 Å². The lowest BCUT2D eigenvalue weighted by Crippen LogP contribution is -2.37. The quantitative estimate of drug-likeness (QED) is 0.573. The van der Waals surface area contributed by atoms with Gasteiger partial charge in [-0.25, -0.2) is 0 Å². The van der Waals surface area contributed by atoms with Gasteiger partial charge in [0, 0.05) is 18.9 Å². The first-order valence-corrected chi connectivity index (χ1v) is 7.76. The van der Waals surface area contributed by atoms with Crippen molar-refractivity contribution in [1.82, 2.24) is 4.90 Å². The van der Waals surface area contributed by atoms with Gasteiger partial charge in [0.1, 0.15) is 6.29 Å². The van der Waals surface area contributed by atoms with Crippen LogP contribution in [0.5, 0.6) is 0 Å².